The Morgan fingerprint density at radius 1 is 0.917 bits per heavy atom. The molecule has 2 rings (SSSR count). The van der Waals surface area contributed by atoms with Crippen molar-refractivity contribution in [2.45, 2.75) is 27.2 Å². The van der Waals surface area contributed by atoms with Crippen LogP contribution in [0.4, 0.5) is 11.4 Å². The maximum atomic E-state index is 12.1. The van der Waals surface area contributed by atoms with Gasteiger partial charge in [-0.2, -0.15) is 0 Å². The quantitative estimate of drug-likeness (QED) is 0.825. The van der Waals surface area contributed by atoms with E-state index in [1.54, 1.807) is 31.4 Å². The van der Waals surface area contributed by atoms with Gasteiger partial charge in [-0.1, -0.05) is 17.7 Å². The lowest BCUT2D eigenvalue weighted by Gasteiger charge is -2.13. The molecule has 0 aliphatic heterocycles. The second-order valence-electron chi connectivity index (χ2n) is 5.78. The van der Waals surface area contributed by atoms with Crippen molar-refractivity contribution >= 4 is 23.2 Å². The van der Waals surface area contributed by atoms with Crippen molar-refractivity contribution in [3.8, 4) is 5.75 Å². The van der Waals surface area contributed by atoms with Gasteiger partial charge in [0.1, 0.15) is 12.2 Å². The third-order valence-electron chi connectivity index (χ3n) is 3.64. The molecule has 2 aromatic rings. The molecular weight excluding hydrogens is 304 g/mol. The first-order chi connectivity index (χ1) is 11.4. The van der Waals surface area contributed by atoms with Gasteiger partial charge in [-0.05, 0) is 56.2 Å². The summed E-state index contributed by atoms with van der Waals surface area (Å²) in [6.45, 7) is 5.88. The number of ether oxygens (including phenoxy) is 1. The number of methoxy groups -OCH3 is 1. The van der Waals surface area contributed by atoms with Crippen molar-refractivity contribution < 1.29 is 14.3 Å². The van der Waals surface area contributed by atoms with E-state index >= 15 is 0 Å². The zero-order chi connectivity index (χ0) is 17.7. The number of aryl methyl sites for hydroxylation is 3. The van der Waals surface area contributed by atoms with Crippen LogP contribution in [0.1, 0.15) is 23.1 Å². The minimum Gasteiger partial charge on any atom is -0.497 e. The first kappa shape index (κ1) is 17.5. The molecule has 0 saturated carbocycles. The van der Waals surface area contributed by atoms with Gasteiger partial charge >= 0.3 is 0 Å². The van der Waals surface area contributed by atoms with E-state index in [4.69, 9.17) is 4.74 Å². The van der Waals surface area contributed by atoms with Crippen LogP contribution in [0.5, 0.6) is 5.75 Å². The van der Waals surface area contributed by atoms with E-state index < -0.39 is 0 Å². The highest BCUT2D eigenvalue weighted by atomic mass is 16.5. The molecule has 0 aliphatic carbocycles. The lowest BCUT2D eigenvalue weighted by molar-refractivity contribution is -0.123. The summed E-state index contributed by atoms with van der Waals surface area (Å²) in [6, 6.07) is 10.9. The van der Waals surface area contributed by atoms with E-state index in [0.29, 0.717) is 11.4 Å². The lowest BCUT2D eigenvalue weighted by atomic mass is 10.0. The number of anilines is 2. The minimum atomic E-state index is -0.361. The Morgan fingerprint density at radius 3 is 2.00 bits per heavy atom. The molecule has 0 radical (unpaired) electrons. The molecule has 5 nitrogen and oxygen atoms in total. The predicted octanol–water partition coefficient (Wildman–Crippen LogP) is 3.59. The van der Waals surface area contributed by atoms with E-state index in [2.05, 4.69) is 10.6 Å². The smallest absolute Gasteiger partial charge is 0.233 e. The predicted molar refractivity (Wildman–Crippen MR) is 95.5 cm³/mol. The molecule has 2 amide bonds. The second kappa shape index (κ2) is 7.64. The Kier molecular flexibility index (Phi) is 5.58. The van der Waals surface area contributed by atoms with Crippen LogP contribution in [0.15, 0.2) is 36.4 Å². The molecule has 5 heteroatoms. The number of carbonyl (C=O) groups is 2. The van der Waals surface area contributed by atoms with Crippen molar-refractivity contribution in [1.29, 1.82) is 0 Å². The number of rotatable bonds is 5. The molecule has 0 spiro atoms. The summed E-state index contributed by atoms with van der Waals surface area (Å²) >= 11 is 0. The second-order valence-corrected chi connectivity index (χ2v) is 5.78. The average Bonchev–Trinajstić information content (AvgIpc) is 2.51. The fraction of sp³-hybridized carbons (Fsp3) is 0.263. The van der Waals surface area contributed by atoms with Gasteiger partial charge in [0.05, 0.1) is 7.11 Å². The van der Waals surface area contributed by atoms with Crippen LogP contribution in [-0.4, -0.2) is 18.9 Å². The van der Waals surface area contributed by atoms with E-state index in [0.717, 1.165) is 22.4 Å². The normalized spacial score (nSPS) is 10.2. The van der Waals surface area contributed by atoms with Crippen molar-refractivity contribution in [3.05, 3.63) is 53.1 Å². The third-order valence-corrected chi connectivity index (χ3v) is 3.64. The van der Waals surface area contributed by atoms with Gasteiger partial charge in [0.25, 0.3) is 0 Å². The van der Waals surface area contributed by atoms with Gasteiger partial charge in [-0.25, -0.2) is 0 Å². The molecule has 2 aromatic carbocycles. The summed E-state index contributed by atoms with van der Waals surface area (Å²) < 4.78 is 5.06. The summed E-state index contributed by atoms with van der Waals surface area (Å²) in [5.41, 5.74) is 4.49. The van der Waals surface area contributed by atoms with Crippen molar-refractivity contribution in [2.24, 2.45) is 0 Å². The number of nitrogens with one attached hydrogen (secondary N) is 2. The standard InChI is InChI=1S/C19H22N2O3/c1-12-9-13(2)19(14(3)10-12)21-18(23)11-17(22)20-15-5-7-16(24-4)8-6-15/h5-10H,11H2,1-4H3,(H,20,22)(H,21,23). The molecule has 2 N–H and O–H groups in total. The molecule has 0 heterocycles. The fourth-order valence-electron chi connectivity index (χ4n) is 2.59. The van der Waals surface area contributed by atoms with Crippen LogP contribution in [-0.2, 0) is 9.59 Å². The van der Waals surface area contributed by atoms with Gasteiger partial charge < -0.3 is 15.4 Å². The Labute approximate surface area is 142 Å². The number of carbonyl (C=O) groups excluding carboxylic acids is 2. The molecule has 0 unspecified atom stereocenters. The molecule has 126 valence electrons. The van der Waals surface area contributed by atoms with Gasteiger partial charge in [0.15, 0.2) is 0 Å². The van der Waals surface area contributed by atoms with Crippen LogP contribution in [0, 0.1) is 20.8 Å². The van der Waals surface area contributed by atoms with Gasteiger partial charge in [-0.15, -0.1) is 0 Å². The fourth-order valence-corrected chi connectivity index (χ4v) is 2.59. The topological polar surface area (TPSA) is 67.4 Å². The molecule has 24 heavy (non-hydrogen) atoms. The average molecular weight is 326 g/mol. The summed E-state index contributed by atoms with van der Waals surface area (Å²) in [4.78, 5) is 24.1. The Bertz CT molecular complexity index is 729. The zero-order valence-electron chi connectivity index (χ0n) is 14.4. The van der Waals surface area contributed by atoms with E-state index in [-0.39, 0.29) is 18.2 Å². The summed E-state index contributed by atoms with van der Waals surface area (Å²) in [7, 11) is 1.58. The maximum absolute atomic E-state index is 12.1. The molecule has 0 saturated heterocycles. The summed E-state index contributed by atoms with van der Waals surface area (Å²) in [6.07, 6.45) is -0.237. The Hall–Kier alpha value is -2.82. The number of amides is 2. The summed E-state index contributed by atoms with van der Waals surface area (Å²) in [5, 5.41) is 5.51. The van der Waals surface area contributed by atoms with Gasteiger partial charge in [0, 0.05) is 11.4 Å². The van der Waals surface area contributed by atoms with E-state index in [1.165, 1.54) is 0 Å². The van der Waals surface area contributed by atoms with Crippen molar-refractivity contribution in [1.82, 2.24) is 0 Å². The van der Waals surface area contributed by atoms with Crippen molar-refractivity contribution in [3.63, 3.8) is 0 Å². The minimum absolute atomic E-state index is 0.237. The zero-order valence-corrected chi connectivity index (χ0v) is 14.4. The highest BCUT2D eigenvalue weighted by molar-refractivity contribution is 6.08. The Morgan fingerprint density at radius 2 is 1.46 bits per heavy atom. The molecular formula is C19H22N2O3. The van der Waals surface area contributed by atoms with Crippen LogP contribution in [0.3, 0.4) is 0 Å². The highest BCUT2D eigenvalue weighted by Crippen LogP contribution is 2.22. The molecule has 0 aromatic heterocycles. The largest absolute Gasteiger partial charge is 0.497 e. The summed E-state index contributed by atoms with van der Waals surface area (Å²) in [5.74, 6) is 0.00668. The highest BCUT2D eigenvalue weighted by Gasteiger charge is 2.12. The van der Waals surface area contributed by atoms with E-state index in [1.807, 2.05) is 32.9 Å². The first-order valence-electron chi connectivity index (χ1n) is 7.70. The first-order valence-corrected chi connectivity index (χ1v) is 7.70. The lowest BCUT2D eigenvalue weighted by Crippen LogP contribution is -2.22. The van der Waals surface area contributed by atoms with Crippen molar-refractivity contribution in [2.75, 3.05) is 17.7 Å². The van der Waals surface area contributed by atoms with Crippen LogP contribution in [0.25, 0.3) is 0 Å². The molecule has 0 aliphatic rings. The number of hydrogen-bond acceptors (Lipinski definition) is 3. The van der Waals surface area contributed by atoms with Gasteiger partial charge in [0.2, 0.25) is 11.8 Å². The molecule has 0 bridgehead atoms. The number of hydrogen-bond donors (Lipinski definition) is 2. The van der Waals surface area contributed by atoms with E-state index in [9.17, 15) is 9.59 Å². The number of benzene rings is 2. The maximum Gasteiger partial charge on any atom is 0.233 e. The van der Waals surface area contributed by atoms with Gasteiger partial charge in [-0.3, -0.25) is 9.59 Å². The van der Waals surface area contributed by atoms with Crippen LogP contribution < -0.4 is 15.4 Å². The monoisotopic (exact) mass is 326 g/mol. The Balaban J connectivity index is 1.95. The van der Waals surface area contributed by atoms with Crippen LogP contribution in [0.2, 0.25) is 0 Å². The van der Waals surface area contributed by atoms with Crippen LogP contribution >= 0.6 is 0 Å². The molecule has 0 atom stereocenters. The molecule has 0 fully saturated rings. The third kappa shape index (κ3) is 4.59. The SMILES string of the molecule is COc1ccc(NC(=O)CC(=O)Nc2c(C)cc(C)cc2C)cc1.